The van der Waals surface area contributed by atoms with E-state index >= 15 is 0 Å². The molecule has 0 saturated heterocycles. The number of benzene rings is 2. The Balaban J connectivity index is 2.22. The zero-order valence-corrected chi connectivity index (χ0v) is 10.6. The van der Waals surface area contributed by atoms with Gasteiger partial charge in [0.2, 0.25) is 0 Å². The van der Waals surface area contributed by atoms with Crippen LogP contribution in [0.5, 0.6) is 0 Å². The minimum Gasteiger partial charge on any atom is -0.388 e. The van der Waals surface area contributed by atoms with Crippen LogP contribution in [-0.2, 0) is 0 Å². The zero-order chi connectivity index (χ0) is 12.3. The third kappa shape index (κ3) is 3.01. The lowest BCUT2D eigenvalue weighted by Crippen LogP contribution is -1.87. The standard InChI is InChI=1S/C14H14FNS/c1-10-8-13(6-7-14(10)15)17-12-5-3-4-11(9-12)16-2/h3-9,16H,1-2H3. The maximum atomic E-state index is 13.1. The maximum absolute atomic E-state index is 13.1. The van der Waals surface area contributed by atoms with E-state index in [9.17, 15) is 4.39 Å². The first-order chi connectivity index (χ1) is 8.19. The molecule has 2 aromatic carbocycles. The summed E-state index contributed by atoms with van der Waals surface area (Å²) in [5.41, 5.74) is 1.76. The van der Waals surface area contributed by atoms with Crippen molar-refractivity contribution < 1.29 is 4.39 Å². The molecule has 0 aliphatic rings. The van der Waals surface area contributed by atoms with Gasteiger partial charge in [-0.2, -0.15) is 0 Å². The second-order valence-corrected chi connectivity index (χ2v) is 4.94. The lowest BCUT2D eigenvalue weighted by atomic mass is 10.2. The molecule has 88 valence electrons. The van der Waals surface area contributed by atoms with Crippen LogP contribution in [-0.4, -0.2) is 7.05 Å². The third-order valence-corrected chi connectivity index (χ3v) is 3.47. The molecule has 0 aliphatic carbocycles. The van der Waals surface area contributed by atoms with Crippen LogP contribution in [0.15, 0.2) is 52.3 Å². The molecule has 2 aromatic rings. The largest absolute Gasteiger partial charge is 0.388 e. The molecule has 0 aliphatic heterocycles. The van der Waals surface area contributed by atoms with E-state index in [1.807, 2.05) is 31.3 Å². The van der Waals surface area contributed by atoms with Crippen LogP contribution in [0, 0.1) is 12.7 Å². The van der Waals surface area contributed by atoms with Gasteiger partial charge >= 0.3 is 0 Å². The third-order valence-electron chi connectivity index (χ3n) is 2.49. The van der Waals surface area contributed by atoms with E-state index in [0.29, 0.717) is 5.56 Å². The number of hydrogen-bond acceptors (Lipinski definition) is 2. The van der Waals surface area contributed by atoms with Gasteiger partial charge in [0.15, 0.2) is 0 Å². The molecular weight excluding hydrogens is 233 g/mol. The first-order valence-corrected chi connectivity index (χ1v) is 6.22. The zero-order valence-electron chi connectivity index (χ0n) is 9.83. The van der Waals surface area contributed by atoms with Gasteiger partial charge in [0.05, 0.1) is 0 Å². The molecule has 1 nitrogen and oxygen atoms in total. The fourth-order valence-electron chi connectivity index (χ4n) is 1.53. The first-order valence-electron chi connectivity index (χ1n) is 5.41. The summed E-state index contributed by atoms with van der Waals surface area (Å²) in [5, 5.41) is 3.10. The second kappa shape index (κ2) is 5.23. The minimum atomic E-state index is -0.154. The summed E-state index contributed by atoms with van der Waals surface area (Å²) in [4.78, 5) is 2.19. The van der Waals surface area contributed by atoms with E-state index in [-0.39, 0.29) is 5.82 Å². The Morgan fingerprint density at radius 2 is 1.82 bits per heavy atom. The van der Waals surface area contributed by atoms with Gasteiger partial charge in [-0.15, -0.1) is 0 Å². The molecule has 0 aromatic heterocycles. The van der Waals surface area contributed by atoms with Gasteiger partial charge in [0.25, 0.3) is 0 Å². The normalized spacial score (nSPS) is 10.3. The van der Waals surface area contributed by atoms with Crippen molar-refractivity contribution >= 4 is 17.4 Å². The smallest absolute Gasteiger partial charge is 0.126 e. The molecule has 3 heteroatoms. The summed E-state index contributed by atoms with van der Waals surface area (Å²) >= 11 is 1.63. The molecule has 0 atom stereocenters. The van der Waals surface area contributed by atoms with Gasteiger partial charge in [-0.05, 0) is 48.9 Å². The van der Waals surface area contributed by atoms with Crippen molar-refractivity contribution in [3.8, 4) is 0 Å². The van der Waals surface area contributed by atoms with Crippen LogP contribution in [0.1, 0.15) is 5.56 Å². The van der Waals surface area contributed by atoms with E-state index in [1.165, 1.54) is 6.07 Å². The molecule has 2 rings (SSSR count). The number of nitrogens with one attached hydrogen (secondary N) is 1. The van der Waals surface area contributed by atoms with Crippen molar-refractivity contribution in [2.24, 2.45) is 0 Å². The Kier molecular flexibility index (Phi) is 3.69. The summed E-state index contributed by atoms with van der Waals surface area (Å²) < 4.78 is 13.1. The highest BCUT2D eigenvalue weighted by Crippen LogP contribution is 2.30. The van der Waals surface area contributed by atoms with Crippen molar-refractivity contribution in [2.75, 3.05) is 12.4 Å². The van der Waals surface area contributed by atoms with Gasteiger partial charge in [-0.3, -0.25) is 0 Å². The maximum Gasteiger partial charge on any atom is 0.126 e. The van der Waals surface area contributed by atoms with Gasteiger partial charge < -0.3 is 5.32 Å². The summed E-state index contributed by atoms with van der Waals surface area (Å²) in [7, 11) is 1.89. The molecule has 0 unspecified atom stereocenters. The van der Waals surface area contributed by atoms with Gasteiger partial charge in [0, 0.05) is 22.5 Å². The average Bonchev–Trinajstić information content (AvgIpc) is 2.34. The van der Waals surface area contributed by atoms with Crippen LogP contribution >= 0.6 is 11.8 Å². The Labute approximate surface area is 105 Å². The topological polar surface area (TPSA) is 12.0 Å². The monoisotopic (exact) mass is 247 g/mol. The van der Waals surface area contributed by atoms with Crippen molar-refractivity contribution in [1.29, 1.82) is 0 Å². The van der Waals surface area contributed by atoms with Crippen LogP contribution < -0.4 is 5.32 Å². The summed E-state index contributed by atoms with van der Waals surface area (Å²) in [6.07, 6.45) is 0. The summed E-state index contributed by atoms with van der Waals surface area (Å²) in [5.74, 6) is -0.154. The Hall–Kier alpha value is -1.48. The summed E-state index contributed by atoms with van der Waals surface area (Å²) in [6.45, 7) is 1.78. The van der Waals surface area contributed by atoms with Crippen molar-refractivity contribution in [3.05, 3.63) is 53.8 Å². The van der Waals surface area contributed by atoms with Crippen LogP contribution in [0.25, 0.3) is 0 Å². The molecule has 0 bridgehead atoms. The fraction of sp³-hybridized carbons (Fsp3) is 0.143. The van der Waals surface area contributed by atoms with E-state index in [1.54, 1.807) is 24.8 Å². The van der Waals surface area contributed by atoms with Gasteiger partial charge in [-0.1, -0.05) is 17.8 Å². The number of anilines is 1. The number of aryl methyl sites for hydroxylation is 1. The molecule has 0 radical (unpaired) electrons. The minimum absolute atomic E-state index is 0.154. The molecule has 0 spiro atoms. The molecule has 0 amide bonds. The lowest BCUT2D eigenvalue weighted by Gasteiger charge is -2.05. The van der Waals surface area contributed by atoms with Gasteiger partial charge in [-0.25, -0.2) is 4.39 Å². The highest BCUT2D eigenvalue weighted by atomic mass is 32.2. The van der Waals surface area contributed by atoms with E-state index in [4.69, 9.17) is 0 Å². The molecule has 0 heterocycles. The van der Waals surface area contributed by atoms with Crippen molar-refractivity contribution in [1.82, 2.24) is 0 Å². The first kappa shape index (κ1) is 12.0. The SMILES string of the molecule is CNc1cccc(Sc2ccc(F)c(C)c2)c1. The Bertz CT molecular complexity index is 525. The van der Waals surface area contributed by atoms with Crippen LogP contribution in [0.3, 0.4) is 0 Å². The molecule has 1 N–H and O–H groups in total. The van der Waals surface area contributed by atoms with Crippen LogP contribution in [0.4, 0.5) is 10.1 Å². The number of halogens is 1. The quantitative estimate of drug-likeness (QED) is 0.866. The second-order valence-electron chi connectivity index (χ2n) is 3.79. The molecule has 0 saturated carbocycles. The summed E-state index contributed by atoms with van der Waals surface area (Å²) in [6, 6.07) is 13.3. The lowest BCUT2D eigenvalue weighted by molar-refractivity contribution is 0.617. The molecule has 0 fully saturated rings. The Morgan fingerprint density at radius 3 is 2.53 bits per heavy atom. The highest BCUT2D eigenvalue weighted by molar-refractivity contribution is 7.99. The highest BCUT2D eigenvalue weighted by Gasteiger charge is 2.01. The average molecular weight is 247 g/mol. The van der Waals surface area contributed by atoms with E-state index < -0.39 is 0 Å². The molecular formula is C14H14FNS. The number of rotatable bonds is 3. The molecule has 17 heavy (non-hydrogen) atoms. The predicted molar refractivity (Wildman–Crippen MR) is 71.2 cm³/mol. The fourth-order valence-corrected chi connectivity index (χ4v) is 2.51. The predicted octanol–water partition coefficient (Wildman–Crippen LogP) is 4.33. The van der Waals surface area contributed by atoms with E-state index in [0.717, 1.165) is 15.5 Å². The van der Waals surface area contributed by atoms with Crippen molar-refractivity contribution in [2.45, 2.75) is 16.7 Å². The van der Waals surface area contributed by atoms with Crippen LogP contribution in [0.2, 0.25) is 0 Å². The Morgan fingerprint density at radius 1 is 1.06 bits per heavy atom. The van der Waals surface area contributed by atoms with E-state index in [2.05, 4.69) is 11.4 Å². The van der Waals surface area contributed by atoms with Crippen molar-refractivity contribution in [3.63, 3.8) is 0 Å². The number of hydrogen-bond donors (Lipinski definition) is 1. The van der Waals surface area contributed by atoms with Gasteiger partial charge in [0.1, 0.15) is 5.82 Å².